The number of rotatable bonds is 2. The molecule has 1 amide bonds. The van der Waals surface area contributed by atoms with Crippen LogP contribution in [0.25, 0.3) is 4.85 Å². The normalized spacial score (nSPS) is 18.3. The van der Waals surface area contributed by atoms with Gasteiger partial charge in [-0.25, -0.2) is 9.83 Å². The summed E-state index contributed by atoms with van der Waals surface area (Å²) in [5.41, 5.74) is 1.49. The molecular weight excluding hydrogens is 314 g/mol. The van der Waals surface area contributed by atoms with Crippen molar-refractivity contribution in [2.45, 2.75) is 25.2 Å². The Morgan fingerprint density at radius 3 is 2.74 bits per heavy atom. The average Bonchev–Trinajstić information content (AvgIpc) is 3.38. The molecule has 0 bridgehead atoms. The molecule has 0 atom stereocenters. The highest BCUT2D eigenvalue weighted by atomic mass is 35.5. The van der Waals surface area contributed by atoms with Crippen molar-refractivity contribution < 1.29 is 4.79 Å². The summed E-state index contributed by atoms with van der Waals surface area (Å²) in [6, 6.07) is 2.10. The van der Waals surface area contributed by atoms with Crippen molar-refractivity contribution in [2.24, 2.45) is 0 Å². The third-order valence-electron chi connectivity index (χ3n) is 4.38. The number of carbonyl (C=O) groups is 1. The number of carbonyl (C=O) groups excluding carboxylic acids is 1. The number of likely N-dealkylation sites (N-methyl/N-ethyl adjacent to an activating group) is 1. The third-order valence-corrected chi connectivity index (χ3v) is 4.66. The summed E-state index contributed by atoms with van der Waals surface area (Å²) in [6.45, 7) is 9.25. The second-order valence-electron chi connectivity index (χ2n) is 5.91. The maximum absolute atomic E-state index is 11.8. The monoisotopic (exact) mass is 329 g/mol. The molecule has 7 heteroatoms. The van der Waals surface area contributed by atoms with Gasteiger partial charge < -0.3 is 9.80 Å². The molecule has 1 aliphatic heterocycles. The van der Waals surface area contributed by atoms with Crippen molar-refractivity contribution in [3.05, 3.63) is 27.7 Å². The second-order valence-corrected chi connectivity index (χ2v) is 6.27. The quantitative estimate of drug-likeness (QED) is 0.618. The highest BCUT2D eigenvalue weighted by Gasteiger charge is 2.34. The van der Waals surface area contributed by atoms with Crippen molar-refractivity contribution in [2.75, 3.05) is 31.6 Å². The van der Waals surface area contributed by atoms with Crippen molar-refractivity contribution in [1.82, 2.24) is 9.88 Å². The second kappa shape index (κ2) is 6.06. The number of nitrogens with zero attached hydrogens (tertiary/aromatic N) is 5. The lowest BCUT2D eigenvalue weighted by Crippen LogP contribution is -2.30. The molecule has 1 aliphatic carbocycles. The molecule has 6 nitrogen and oxygen atoms in total. The van der Waals surface area contributed by atoms with Crippen LogP contribution >= 0.6 is 11.6 Å². The SMILES string of the molecule is [C-]#[N+]c1c(N2CCC(=O)N(C)CC2)nc(Cl)c(C#N)c1C1CC1. The Morgan fingerprint density at radius 1 is 1.39 bits per heavy atom. The summed E-state index contributed by atoms with van der Waals surface area (Å²) in [4.78, 5) is 23.5. The fourth-order valence-electron chi connectivity index (χ4n) is 2.90. The first-order valence-electron chi connectivity index (χ1n) is 7.56. The minimum Gasteiger partial charge on any atom is -0.363 e. The van der Waals surface area contributed by atoms with E-state index in [9.17, 15) is 10.1 Å². The molecule has 118 valence electrons. The van der Waals surface area contributed by atoms with E-state index < -0.39 is 0 Å². The standard InChI is InChI=1S/C16H16ClN5O/c1-19-14-13(10-3-4-10)11(9-18)15(17)20-16(14)22-6-5-12(23)21(2)7-8-22/h10H,3-8H2,2H3. The van der Waals surface area contributed by atoms with Gasteiger partial charge in [-0.2, -0.15) is 5.26 Å². The van der Waals surface area contributed by atoms with Crippen LogP contribution in [0, 0.1) is 17.9 Å². The van der Waals surface area contributed by atoms with Crippen molar-refractivity contribution in [3.8, 4) is 6.07 Å². The summed E-state index contributed by atoms with van der Waals surface area (Å²) in [5.74, 6) is 0.817. The molecule has 23 heavy (non-hydrogen) atoms. The third kappa shape index (κ3) is 2.83. The van der Waals surface area contributed by atoms with Crippen LogP contribution in [0.4, 0.5) is 11.5 Å². The fourth-order valence-corrected chi connectivity index (χ4v) is 3.12. The van der Waals surface area contributed by atoms with Crippen LogP contribution in [0.3, 0.4) is 0 Å². The Kier molecular flexibility index (Phi) is 4.11. The van der Waals surface area contributed by atoms with Crippen molar-refractivity contribution in [1.29, 1.82) is 5.26 Å². The predicted molar refractivity (Wildman–Crippen MR) is 86.7 cm³/mol. The van der Waals surface area contributed by atoms with Gasteiger partial charge in [0.05, 0.1) is 12.1 Å². The van der Waals surface area contributed by atoms with E-state index in [0.29, 0.717) is 43.1 Å². The van der Waals surface area contributed by atoms with E-state index in [1.165, 1.54) is 0 Å². The minimum absolute atomic E-state index is 0.0824. The molecule has 1 aromatic rings. The van der Waals surface area contributed by atoms with Gasteiger partial charge >= 0.3 is 0 Å². The summed E-state index contributed by atoms with van der Waals surface area (Å²) < 4.78 is 0. The number of anilines is 1. The molecule has 0 aromatic carbocycles. The Morgan fingerprint density at radius 2 is 2.13 bits per heavy atom. The van der Waals surface area contributed by atoms with E-state index in [2.05, 4.69) is 15.9 Å². The highest BCUT2D eigenvalue weighted by molar-refractivity contribution is 6.31. The number of amides is 1. The zero-order valence-corrected chi connectivity index (χ0v) is 13.6. The van der Waals surface area contributed by atoms with Gasteiger partial charge in [-0.05, 0) is 24.3 Å². The Bertz CT molecular complexity index is 744. The van der Waals surface area contributed by atoms with Gasteiger partial charge in [0.1, 0.15) is 17.0 Å². The molecule has 0 N–H and O–H groups in total. The van der Waals surface area contributed by atoms with Crippen LogP contribution in [-0.4, -0.2) is 42.5 Å². The van der Waals surface area contributed by atoms with Crippen LogP contribution in [0.1, 0.15) is 36.3 Å². The fraction of sp³-hybridized carbons (Fsp3) is 0.500. The lowest BCUT2D eigenvalue weighted by atomic mass is 10.0. The van der Waals surface area contributed by atoms with Crippen molar-refractivity contribution in [3.63, 3.8) is 0 Å². The van der Waals surface area contributed by atoms with Gasteiger partial charge in [0.2, 0.25) is 11.6 Å². The van der Waals surface area contributed by atoms with E-state index in [-0.39, 0.29) is 17.0 Å². The van der Waals surface area contributed by atoms with Crippen LogP contribution in [0.15, 0.2) is 0 Å². The predicted octanol–water partition coefficient (Wildman–Crippen LogP) is 2.70. The topological polar surface area (TPSA) is 64.6 Å². The largest absolute Gasteiger partial charge is 0.363 e. The molecule has 0 unspecified atom stereocenters. The van der Waals surface area contributed by atoms with Gasteiger partial charge in [-0.1, -0.05) is 11.6 Å². The average molecular weight is 330 g/mol. The molecule has 2 fully saturated rings. The number of hydrogen-bond acceptors (Lipinski definition) is 4. The Hall–Kier alpha value is -2.31. The van der Waals surface area contributed by atoms with Gasteiger partial charge in [-0.3, -0.25) is 4.79 Å². The van der Waals surface area contributed by atoms with Gasteiger partial charge in [-0.15, -0.1) is 0 Å². The zero-order valence-electron chi connectivity index (χ0n) is 12.8. The first-order chi connectivity index (χ1) is 11.1. The Balaban J connectivity index is 2.08. The summed E-state index contributed by atoms with van der Waals surface area (Å²) in [5, 5.41) is 9.52. The molecule has 2 aliphatic rings. The number of hydrogen-bond donors (Lipinski definition) is 0. The molecule has 2 heterocycles. The Labute approximate surface area is 140 Å². The molecular formula is C16H16ClN5O. The minimum atomic E-state index is 0.0824. The maximum atomic E-state index is 11.8. The smallest absolute Gasteiger partial charge is 0.233 e. The first-order valence-corrected chi connectivity index (χ1v) is 7.94. The van der Waals surface area contributed by atoms with Crippen molar-refractivity contribution >= 4 is 29.0 Å². The number of pyridine rings is 1. The summed E-state index contributed by atoms with van der Waals surface area (Å²) >= 11 is 6.21. The molecule has 1 aromatic heterocycles. The van der Waals surface area contributed by atoms with E-state index in [4.69, 9.17) is 18.2 Å². The van der Waals surface area contributed by atoms with E-state index in [1.807, 2.05) is 4.90 Å². The highest BCUT2D eigenvalue weighted by Crippen LogP contribution is 2.50. The van der Waals surface area contributed by atoms with E-state index in [0.717, 1.165) is 18.4 Å². The van der Waals surface area contributed by atoms with E-state index in [1.54, 1.807) is 11.9 Å². The molecule has 1 saturated carbocycles. The number of halogens is 1. The van der Waals surface area contributed by atoms with Crippen LogP contribution in [-0.2, 0) is 4.79 Å². The van der Waals surface area contributed by atoms with E-state index >= 15 is 0 Å². The van der Waals surface area contributed by atoms with Gasteiger partial charge in [0.15, 0.2) is 0 Å². The van der Waals surface area contributed by atoms with Crippen LogP contribution < -0.4 is 4.90 Å². The molecule has 0 spiro atoms. The molecule has 1 saturated heterocycles. The molecule has 0 radical (unpaired) electrons. The molecule has 3 rings (SSSR count). The van der Waals surface area contributed by atoms with Gasteiger partial charge in [0.25, 0.3) is 0 Å². The number of nitriles is 1. The van der Waals surface area contributed by atoms with Crippen LogP contribution in [0.2, 0.25) is 5.15 Å². The van der Waals surface area contributed by atoms with Crippen LogP contribution in [0.5, 0.6) is 0 Å². The summed E-state index contributed by atoms with van der Waals surface area (Å²) in [6.07, 6.45) is 2.32. The summed E-state index contributed by atoms with van der Waals surface area (Å²) in [7, 11) is 1.77. The zero-order chi connectivity index (χ0) is 16.6. The lowest BCUT2D eigenvalue weighted by molar-refractivity contribution is -0.129. The number of aromatic nitrogens is 1. The first kappa shape index (κ1) is 15.6. The maximum Gasteiger partial charge on any atom is 0.233 e. The van der Waals surface area contributed by atoms with Gasteiger partial charge in [0, 0.05) is 33.1 Å². The lowest BCUT2D eigenvalue weighted by Gasteiger charge is -2.24.